The molecule has 0 amide bonds. The van der Waals surface area contributed by atoms with E-state index in [9.17, 15) is 4.79 Å². The number of ether oxygens (including phenoxy) is 3. The molecule has 0 bridgehead atoms. The minimum atomic E-state index is -0.358. The maximum Gasteiger partial charge on any atom is 0.346 e. The zero-order valence-corrected chi connectivity index (χ0v) is 17.0. The number of rotatable bonds is 3. The molecule has 1 saturated carbocycles. The number of esters is 1. The van der Waals surface area contributed by atoms with Crippen LogP contribution in [-0.2, 0) is 19.0 Å². The highest BCUT2D eigenvalue weighted by Gasteiger charge is 2.41. The molecule has 1 atom stereocenters. The van der Waals surface area contributed by atoms with Crippen molar-refractivity contribution in [2.24, 2.45) is 5.41 Å². The van der Waals surface area contributed by atoms with Gasteiger partial charge in [-0.2, -0.15) is 0 Å². The third-order valence-corrected chi connectivity index (χ3v) is 6.06. The van der Waals surface area contributed by atoms with E-state index in [0.29, 0.717) is 24.2 Å². The van der Waals surface area contributed by atoms with Crippen LogP contribution in [-0.4, -0.2) is 43.4 Å². The van der Waals surface area contributed by atoms with E-state index in [-0.39, 0.29) is 22.4 Å². The lowest BCUT2D eigenvalue weighted by atomic mass is 9.89. The van der Waals surface area contributed by atoms with Crippen molar-refractivity contribution in [1.29, 1.82) is 0 Å². The first-order chi connectivity index (χ1) is 12.3. The summed E-state index contributed by atoms with van der Waals surface area (Å²) in [4.78, 5) is 12.9. The van der Waals surface area contributed by atoms with Crippen LogP contribution in [0.3, 0.4) is 0 Å². The quantitative estimate of drug-likeness (QED) is 0.600. The number of nitrogens with one attached hydrogen (secondary N) is 1. The van der Waals surface area contributed by atoms with Crippen molar-refractivity contribution in [1.82, 2.24) is 5.32 Å². The van der Waals surface area contributed by atoms with Gasteiger partial charge in [-0.3, -0.25) is 0 Å². The molecule has 26 heavy (non-hydrogen) atoms. The van der Waals surface area contributed by atoms with E-state index in [4.69, 9.17) is 14.2 Å². The van der Waals surface area contributed by atoms with Gasteiger partial charge < -0.3 is 19.5 Å². The van der Waals surface area contributed by atoms with Gasteiger partial charge in [0.25, 0.3) is 0 Å². The van der Waals surface area contributed by atoms with E-state index in [1.54, 1.807) is 0 Å². The topological polar surface area (TPSA) is 56.8 Å². The van der Waals surface area contributed by atoms with Crippen LogP contribution in [0.25, 0.3) is 0 Å². The van der Waals surface area contributed by atoms with Gasteiger partial charge in [-0.1, -0.05) is 23.6 Å². The van der Waals surface area contributed by atoms with Gasteiger partial charge in [0, 0.05) is 36.4 Å². The van der Waals surface area contributed by atoms with Crippen molar-refractivity contribution < 1.29 is 19.0 Å². The van der Waals surface area contributed by atoms with Gasteiger partial charge in [0.2, 0.25) is 0 Å². The molecule has 0 aromatic heterocycles. The number of carbonyl (C=O) groups is 1. The highest BCUT2D eigenvalue weighted by Crippen LogP contribution is 2.40. The summed E-state index contributed by atoms with van der Waals surface area (Å²) in [6.45, 7) is 7.68. The molecule has 0 aromatic carbocycles. The molecular weight excluding hydrogens is 350 g/mol. The Hall–Kier alpha value is -1.16. The summed E-state index contributed by atoms with van der Waals surface area (Å²) in [5.41, 5.74) is 0.936. The minimum absolute atomic E-state index is 0.0405. The van der Waals surface area contributed by atoms with Crippen molar-refractivity contribution >= 4 is 17.7 Å². The molecule has 0 aromatic rings. The fraction of sp³-hybridized carbons (Fsp3) is 0.750. The van der Waals surface area contributed by atoms with Gasteiger partial charge in [0.05, 0.1) is 25.6 Å². The minimum Gasteiger partial charge on any atom is -0.465 e. The lowest BCUT2D eigenvalue weighted by Crippen LogP contribution is -2.42. The normalized spacial score (nSPS) is 25.9. The highest BCUT2D eigenvalue weighted by atomic mass is 32.2. The van der Waals surface area contributed by atoms with E-state index >= 15 is 0 Å². The van der Waals surface area contributed by atoms with Crippen LogP contribution in [0.2, 0.25) is 0 Å². The Morgan fingerprint density at radius 1 is 1.27 bits per heavy atom. The number of hydrogen-bond acceptors (Lipinski definition) is 6. The average Bonchev–Trinajstić information content (AvgIpc) is 3.21. The monoisotopic (exact) mass is 379 g/mol. The Balaban J connectivity index is 1.63. The van der Waals surface area contributed by atoms with Crippen LogP contribution in [0.1, 0.15) is 52.9 Å². The number of allylic oxidation sites excluding steroid dienone is 1. The fourth-order valence-electron chi connectivity index (χ4n) is 3.53. The predicted molar refractivity (Wildman–Crippen MR) is 102 cm³/mol. The zero-order valence-electron chi connectivity index (χ0n) is 16.1. The number of methoxy groups -OCH3 is 1. The summed E-state index contributed by atoms with van der Waals surface area (Å²) in [5, 5.41) is 3.70. The van der Waals surface area contributed by atoms with Crippen molar-refractivity contribution in [3.05, 3.63) is 10.6 Å². The van der Waals surface area contributed by atoms with Gasteiger partial charge in [-0.05, 0) is 33.6 Å². The van der Waals surface area contributed by atoms with Gasteiger partial charge in [-0.25, -0.2) is 4.79 Å². The Morgan fingerprint density at radius 2 is 1.92 bits per heavy atom. The average molecular weight is 380 g/mol. The fourth-order valence-corrected chi connectivity index (χ4v) is 4.65. The van der Waals surface area contributed by atoms with Gasteiger partial charge >= 0.3 is 5.97 Å². The van der Waals surface area contributed by atoms with Crippen LogP contribution in [0.4, 0.5) is 0 Å². The second kappa shape index (κ2) is 7.84. The van der Waals surface area contributed by atoms with Gasteiger partial charge in [-0.15, -0.1) is 0 Å². The van der Waals surface area contributed by atoms with E-state index < -0.39 is 0 Å². The number of carbonyl (C=O) groups excluding carboxylic acids is 1. The Morgan fingerprint density at radius 3 is 2.50 bits per heavy atom. The summed E-state index contributed by atoms with van der Waals surface area (Å²) >= 11 is 1.52. The summed E-state index contributed by atoms with van der Waals surface area (Å²) in [7, 11) is 1.43. The van der Waals surface area contributed by atoms with E-state index in [1.807, 2.05) is 0 Å². The number of hydrogen-bond donors (Lipinski definition) is 1. The van der Waals surface area contributed by atoms with Crippen molar-refractivity contribution in [2.75, 3.05) is 20.3 Å². The molecule has 1 unspecified atom stereocenters. The van der Waals surface area contributed by atoms with Gasteiger partial charge in [0.1, 0.15) is 4.91 Å². The predicted octanol–water partition coefficient (Wildman–Crippen LogP) is 3.20. The third kappa shape index (κ3) is 4.76. The van der Waals surface area contributed by atoms with Crippen LogP contribution < -0.4 is 5.32 Å². The van der Waals surface area contributed by atoms with Crippen LogP contribution in [0.15, 0.2) is 10.6 Å². The summed E-state index contributed by atoms with van der Waals surface area (Å²) in [6, 6.07) is 0.331. The van der Waals surface area contributed by atoms with Crippen LogP contribution in [0, 0.1) is 17.3 Å². The molecule has 1 aliphatic carbocycles. The third-order valence-electron chi connectivity index (χ3n) is 4.84. The van der Waals surface area contributed by atoms with E-state index in [2.05, 4.69) is 37.9 Å². The van der Waals surface area contributed by atoms with E-state index in [1.165, 1.54) is 18.9 Å². The molecule has 1 saturated heterocycles. The first kappa shape index (κ1) is 19.6. The molecule has 0 radical (unpaired) electrons. The molecule has 1 N–H and O–H groups in total. The smallest absolute Gasteiger partial charge is 0.346 e. The zero-order chi connectivity index (χ0) is 18.8. The van der Waals surface area contributed by atoms with Crippen molar-refractivity contribution in [2.45, 2.75) is 70.0 Å². The van der Waals surface area contributed by atoms with Crippen LogP contribution in [0.5, 0.6) is 0 Å². The second-order valence-corrected chi connectivity index (χ2v) is 9.37. The molecule has 144 valence electrons. The Kier molecular flexibility index (Phi) is 5.91. The molecular formula is C20H29NO4S. The summed E-state index contributed by atoms with van der Waals surface area (Å²) in [5.74, 6) is 5.98. The maximum atomic E-state index is 12.2. The Labute approximate surface area is 160 Å². The first-order valence-corrected chi connectivity index (χ1v) is 10.2. The molecule has 1 spiro atoms. The largest absolute Gasteiger partial charge is 0.465 e. The molecule has 2 aliphatic heterocycles. The summed E-state index contributed by atoms with van der Waals surface area (Å²) in [6.07, 6.45) is 4.49. The second-order valence-electron chi connectivity index (χ2n) is 8.16. The molecule has 2 fully saturated rings. The Bertz CT molecular complexity index is 624. The number of thioether (sulfide) groups is 1. The molecule has 6 heteroatoms. The van der Waals surface area contributed by atoms with Gasteiger partial charge in [0.15, 0.2) is 5.79 Å². The lowest BCUT2D eigenvalue weighted by molar-refractivity contribution is -0.179. The maximum absolute atomic E-state index is 12.2. The highest BCUT2D eigenvalue weighted by molar-refractivity contribution is 8.05. The van der Waals surface area contributed by atoms with Crippen LogP contribution >= 0.6 is 11.8 Å². The van der Waals surface area contributed by atoms with E-state index in [0.717, 1.165) is 37.8 Å². The first-order valence-electron chi connectivity index (χ1n) is 9.35. The molecule has 3 rings (SSSR count). The SMILES string of the molecule is COC(=O)C1=C(NC2CCC3(CC2)OCCO3)CC(C#CC(C)(C)C)S1. The van der Waals surface area contributed by atoms with Crippen molar-refractivity contribution in [3.8, 4) is 11.8 Å². The molecule has 5 nitrogen and oxygen atoms in total. The van der Waals surface area contributed by atoms with Crippen molar-refractivity contribution in [3.63, 3.8) is 0 Å². The molecule has 2 heterocycles. The standard InChI is InChI=1S/C20H29NO4S/c1-19(2,3)8-7-15-13-16(17(26-15)18(22)23-4)21-14-5-9-20(10-6-14)24-11-12-25-20/h14-15,21H,5-6,9-13H2,1-4H3. The summed E-state index contributed by atoms with van der Waals surface area (Å²) < 4.78 is 16.6. The molecule has 3 aliphatic rings. The lowest BCUT2D eigenvalue weighted by Gasteiger charge is -2.36.